The van der Waals surface area contributed by atoms with Gasteiger partial charge in [-0.05, 0) is 47.9 Å². The van der Waals surface area contributed by atoms with Gasteiger partial charge in [0.25, 0.3) is 0 Å². The molecule has 30 heavy (non-hydrogen) atoms. The number of rotatable bonds is 10. The van der Waals surface area contributed by atoms with E-state index in [1.807, 2.05) is 0 Å². The van der Waals surface area contributed by atoms with Crippen LogP contribution in [0.3, 0.4) is 0 Å². The Labute approximate surface area is 177 Å². The van der Waals surface area contributed by atoms with Crippen LogP contribution in [-0.4, -0.2) is 46.2 Å². The first-order valence-corrected chi connectivity index (χ1v) is 10.9. The predicted molar refractivity (Wildman–Crippen MR) is 113 cm³/mol. The lowest BCUT2D eigenvalue weighted by molar-refractivity contribution is -0.124. The van der Waals surface area contributed by atoms with Crippen LogP contribution < -0.4 is 19.5 Å². The zero-order valence-electron chi connectivity index (χ0n) is 17.5. The molecule has 2 aromatic rings. The Hall–Kier alpha value is -2.62. The van der Waals surface area contributed by atoms with E-state index in [-0.39, 0.29) is 17.4 Å². The summed E-state index contributed by atoms with van der Waals surface area (Å²) in [5.74, 6) is 0.355. The third-order valence-electron chi connectivity index (χ3n) is 4.57. The number of hydrogen-bond acceptors (Lipinski definition) is 6. The van der Waals surface area contributed by atoms with Gasteiger partial charge in [-0.3, -0.25) is 4.79 Å². The maximum atomic E-state index is 12.7. The van der Waals surface area contributed by atoms with Gasteiger partial charge in [-0.2, -0.15) is 4.72 Å². The van der Waals surface area contributed by atoms with Gasteiger partial charge in [0, 0.05) is 6.54 Å². The molecule has 0 bridgehead atoms. The van der Waals surface area contributed by atoms with Crippen molar-refractivity contribution in [3.8, 4) is 11.5 Å². The molecule has 1 amide bonds. The largest absolute Gasteiger partial charge is 0.497 e. The average molecular weight is 437 g/mol. The molecule has 8 nitrogen and oxygen atoms in total. The van der Waals surface area contributed by atoms with Gasteiger partial charge in [0.15, 0.2) is 0 Å². The van der Waals surface area contributed by atoms with Crippen molar-refractivity contribution in [3.05, 3.63) is 54.1 Å². The third-order valence-corrected chi connectivity index (χ3v) is 6.03. The normalized spacial score (nSPS) is 13.5. The highest BCUT2D eigenvalue weighted by atomic mass is 32.2. The first-order chi connectivity index (χ1) is 14.2. The fourth-order valence-electron chi connectivity index (χ4n) is 2.73. The van der Waals surface area contributed by atoms with E-state index >= 15 is 0 Å². The summed E-state index contributed by atoms with van der Waals surface area (Å²) in [7, 11) is -0.882. The van der Waals surface area contributed by atoms with E-state index in [1.165, 1.54) is 31.4 Å². The highest BCUT2D eigenvalue weighted by Gasteiger charge is 2.28. The van der Waals surface area contributed by atoms with E-state index in [0.717, 1.165) is 0 Å². The van der Waals surface area contributed by atoms with Crippen molar-refractivity contribution in [1.29, 1.82) is 0 Å². The summed E-state index contributed by atoms with van der Waals surface area (Å²) in [5, 5.41) is 12.9. The van der Waals surface area contributed by atoms with E-state index in [4.69, 9.17) is 9.47 Å². The number of methoxy groups -OCH3 is 2. The van der Waals surface area contributed by atoms with Gasteiger partial charge in [0.2, 0.25) is 15.9 Å². The summed E-state index contributed by atoms with van der Waals surface area (Å²) in [6.07, 6.45) is -0.939. The van der Waals surface area contributed by atoms with Crippen molar-refractivity contribution < 1.29 is 27.8 Å². The quantitative estimate of drug-likeness (QED) is 0.524. The molecule has 0 aliphatic rings. The fourth-order valence-corrected chi connectivity index (χ4v) is 4.08. The van der Waals surface area contributed by atoms with Crippen LogP contribution in [0.1, 0.15) is 25.5 Å². The molecule has 2 aromatic carbocycles. The van der Waals surface area contributed by atoms with Crippen molar-refractivity contribution in [2.24, 2.45) is 5.92 Å². The number of amides is 1. The van der Waals surface area contributed by atoms with E-state index in [2.05, 4.69) is 10.0 Å². The van der Waals surface area contributed by atoms with Crippen molar-refractivity contribution in [1.82, 2.24) is 10.0 Å². The molecule has 0 spiro atoms. The van der Waals surface area contributed by atoms with Crippen molar-refractivity contribution >= 4 is 15.9 Å². The first-order valence-electron chi connectivity index (χ1n) is 9.44. The van der Waals surface area contributed by atoms with Gasteiger partial charge in [0.05, 0.1) is 25.2 Å². The van der Waals surface area contributed by atoms with Crippen molar-refractivity contribution in [2.45, 2.75) is 30.9 Å². The molecule has 0 aromatic heterocycles. The Bertz CT molecular complexity index is 927. The summed E-state index contributed by atoms with van der Waals surface area (Å²) in [5.41, 5.74) is 0.607. The monoisotopic (exact) mass is 436 g/mol. The lowest BCUT2D eigenvalue weighted by Crippen LogP contribution is -2.50. The van der Waals surface area contributed by atoms with Crippen LogP contribution in [0.5, 0.6) is 11.5 Å². The van der Waals surface area contributed by atoms with Crippen LogP contribution in [0, 0.1) is 5.92 Å². The number of benzene rings is 2. The van der Waals surface area contributed by atoms with Crippen LogP contribution in [-0.2, 0) is 14.8 Å². The number of carbonyl (C=O) groups is 1. The van der Waals surface area contributed by atoms with E-state index < -0.39 is 28.1 Å². The lowest BCUT2D eigenvalue weighted by Gasteiger charge is -2.22. The van der Waals surface area contributed by atoms with E-state index in [1.54, 1.807) is 45.2 Å². The SMILES string of the molecule is COc1ccc(C(O)CNC(=O)[C@@H](NS(=O)(=O)c2ccc(OC)cc2)C(C)C)cc1. The maximum Gasteiger partial charge on any atom is 0.241 e. The second-order valence-electron chi connectivity index (χ2n) is 7.05. The molecule has 2 atom stereocenters. The average Bonchev–Trinajstić information content (AvgIpc) is 2.75. The summed E-state index contributed by atoms with van der Waals surface area (Å²) >= 11 is 0. The molecular formula is C21H28N2O6S. The number of hydrogen-bond donors (Lipinski definition) is 3. The Kier molecular flexibility index (Phi) is 8.22. The fraction of sp³-hybridized carbons (Fsp3) is 0.381. The van der Waals surface area contributed by atoms with Gasteiger partial charge in [-0.25, -0.2) is 8.42 Å². The Morgan fingerprint density at radius 1 is 0.967 bits per heavy atom. The second kappa shape index (κ2) is 10.4. The number of ether oxygens (including phenoxy) is 2. The molecule has 0 heterocycles. The van der Waals surface area contributed by atoms with Crippen LogP contribution in [0.25, 0.3) is 0 Å². The topological polar surface area (TPSA) is 114 Å². The molecule has 0 aliphatic carbocycles. The maximum absolute atomic E-state index is 12.7. The van der Waals surface area contributed by atoms with Gasteiger partial charge in [-0.15, -0.1) is 0 Å². The van der Waals surface area contributed by atoms with Crippen LogP contribution in [0.2, 0.25) is 0 Å². The van der Waals surface area contributed by atoms with E-state index in [0.29, 0.717) is 17.1 Å². The highest BCUT2D eigenvalue weighted by Crippen LogP contribution is 2.18. The molecule has 3 N–H and O–H groups in total. The number of carbonyl (C=O) groups excluding carboxylic acids is 1. The Morgan fingerprint density at radius 2 is 1.47 bits per heavy atom. The number of nitrogens with one attached hydrogen (secondary N) is 2. The molecule has 0 aliphatic heterocycles. The Balaban J connectivity index is 2.04. The van der Waals surface area contributed by atoms with Crippen LogP contribution in [0.4, 0.5) is 0 Å². The standard InChI is InChI=1S/C21H28N2O6S/c1-14(2)20(23-30(26,27)18-11-9-17(29-4)10-12-18)21(25)22-13-19(24)15-5-7-16(28-3)8-6-15/h5-12,14,19-20,23-24H,13H2,1-4H3,(H,22,25)/t19?,20-/m0/s1. The molecule has 164 valence electrons. The minimum absolute atomic E-state index is 0.0278. The van der Waals surface area contributed by atoms with Crippen LogP contribution >= 0.6 is 0 Å². The van der Waals surface area contributed by atoms with Crippen LogP contribution in [0.15, 0.2) is 53.4 Å². The predicted octanol–water partition coefficient (Wildman–Crippen LogP) is 1.86. The smallest absolute Gasteiger partial charge is 0.241 e. The zero-order valence-corrected chi connectivity index (χ0v) is 18.3. The van der Waals surface area contributed by atoms with E-state index in [9.17, 15) is 18.3 Å². The minimum Gasteiger partial charge on any atom is -0.497 e. The molecule has 0 fully saturated rings. The van der Waals surface area contributed by atoms with Gasteiger partial charge in [-0.1, -0.05) is 26.0 Å². The van der Waals surface area contributed by atoms with Crippen molar-refractivity contribution in [2.75, 3.05) is 20.8 Å². The summed E-state index contributed by atoms with van der Waals surface area (Å²) in [4.78, 5) is 12.7. The Morgan fingerprint density at radius 3 is 1.93 bits per heavy atom. The minimum atomic E-state index is -3.92. The summed E-state index contributed by atoms with van der Waals surface area (Å²) in [6, 6.07) is 11.7. The number of aliphatic hydroxyl groups excluding tert-OH is 1. The summed E-state index contributed by atoms with van der Waals surface area (Å²) in [6.45, 7) is 3.42. The van der Waals surface area contributed by atoms with Crippen molar-refractivity contribution in [3.63, 3.8) is 0 Å². The molecule has 0 saturated heterocycles. The highest BCUT2D eigenvalue weighted by molar-refractivity contribution is 7.89. The summed E-state index contributed by atoms with van der Waals surface area (Å²) < 4.78 is 37.9. The molecule has 0 saturated carbocycles. The molecule has 0 radical (unpaired) electrons. The number of aliphatic hydroxyl groups is 1. The van der Waals surface area contributed by atoms with Gasteiger partial charge in [0.1, 0.15) is 17.5 Å². The second-order valence-corrected chi connectivity index (χ2v) is 8.77. The molecular weight excluding hydrogens is 408 g/mol. The molecule has 1 unspecified atom stereocenters. The van der Waals surface area contributed by atoms with Gasteiger partial charge < -0.3 is 19.9 Å². The number of sulfonamides is 1. The molecule has 9 heteroatoms. The zero-order chi connectivity index (χ0) is 22.3. The third kappa shape index (κ3) is 6.19. The molecule has 2 rings (SSSR count). The first kappa shape index (κ1) is 23.7. The lowest BCUT2D eigenvalue weighted by atomic mass is 10.0. The van der Waals surface area contributed by atoms with Gasteiger partial charge >= 0.3 is 0 Å².